The van der Waals surface area contributed by atoms with Gasteiger partial charge >= 0.3 is 12.4 Å². The van der Waals surface area contributed by atoms with E-state index in [2.05, 4.69) is 20.1 Å². The molecule has 0 saturated heterocycles. The average Bonchev–Trinajstić information content (AvgIpc) is 3.53. The number of fused-ring (bicyclic) bond motifs is 1. The Bertz CT molecular complexity index is 1460. The summed E-state index contributed by atoms with van der Waals surface area (Å²) in [6.07, 6.45) is -5.72. The van der Waals surface area contributed by atoms with Gasteiger partial charge in [0, 0.05) is 12.0 Å². The molecule has 4 N–H and O–H groups in total. The summed E-state index contributed by atoms with van der Waals surface area (Å²) >= 11 is 1.26. The Morgan fingerprint density at radius 3 is 2.33 bits per heavy atom. The summed E-state index contributed by atoms with van der Waals surface area (Å²) < 4.78 is 89.1. The van der Waals surface area contributed by atoms with Crippen LogP contribution in [0.25, 0.3) is 5.52 Å². The summed E-state index contributed by atoms with van der Waals surface area (Å²) in [7, 11) is 0. The van der Waals surface area contributed by atoms with Crippen molar-refractivity contribution in [2.45, 2.75) is 74.5 Å². The molecular formula is C25H25F6N5O5S. The first-order chi connectivity index (χ1) is 19.7. The van der Waals surface area contributed by atoms with Crippen LogP contribution in [0, 0.1) is 0 Å². The molecule has 3 aromatic heterocycles. The first-order valence-corrected chi connectivity index (χ1v) is 13.7. The van der Waals surface area contributed by atoms with Gasteiger partial charge in [-0.05, 0) is 50.7 Å². The number of hydrogen-bond acceptors (Lipinski definition) is 8. The Morgan fingerprint density at radius 1 is 1.07 bits per heavy atom. The Balaban J connectivity index is 1.17. The lowest BCUT2D eigenvalue weighted by molar-refractivity contribution is -0.373. The van der Waals surface area contributed by atoms with Crippen LogP contribution < -0.4 is 20.5 Å². The molecule has 0 aliphatic heterocycles. The van der Waals surface area contributed by atoms with Crippen LogP contribution in [0.1, 0.15) is 69.5 Å². The molecule has 42 heavy (non-hydrogen) atoms. The number of carbonyl (C=O) groups is 2. The van der Waals surface area contributed by atoms with Crippen molar-refractivity contribution in [1.29, 1.82) is 0 Å². The number of pyridine rings is 1. The van der Waals surface area contributed by atoms with Crippen LogP contribution in [0.2, 0.25) is 0 Å². The van der Waals surface area contributed by atoms with Gasteiger partial charge in [0.2, 0.25) is 5.88 Å². The molecule has 0 spiro atoms. The zero-order valence-electron chi connectivity index (χ0n) is 21.7. The summed E-state index contributed by atoms with van der Waals surface area (Å²) in [5, 5.41) is 16.9. The second-order valence-electron chi connectivity index (χ2n) is 10.3. The molecule has 2 fully saturated rings. The minimum atomic E-state index is -6.02. The number of nitrogens with two attached hydrogens (primary N) is 1. The van der Waals surface area contributed by atoms with Crippen molar-refractivity contribution < 1.29 is 50.5 Å². The second kappa shape index (κ2) is 10.9. The maximum absolute atomic E-state index is 12.9. The lowest BCUT2D eigenvalue weighted by Gasteiger charge is -2.31. The predicted octanol–water partition coefficient (Wildman–Crippen LogP) is 4.12. The number of amides is 2. The van der Waals surface area contributed by atoms with Gasteiger partial charge in [0.05, 0.1) is 23.5 Å². The summed E-state index contributed by atoms with van der Waals surface area (Å²) in [5.74, 6) is -0.910. The molecule has 2 amide bonds. The monoisotopic (exact) mass is 621 g/mol. The van der Waals surface area contributed by atoms with Gasteiger partial charge in [0.1, 0.15) is 23.5 Å². The predicted molar refractivity (Wildman–Crippen MR) is 134 cm³/mol. The zero-order chi connectivity index (χ0) is 30.4. The second-order valence-corrected chi connectivity index (χ2v) is 11.3. The van der Waals surface area contributed by atoms with E-state index in [4.69, 9.17) is 10.5 Å². The van der Waals surface area contributed by atoms with Gasteiger partial charge in [-0.15, -0.1) is 11.3 Å². The van der Waals surface area contributed by atoms with Gasteiger partial charge in [-0.1, -0.05) is 0 Å². The first-order valence-electron chi connectivity index (χ1n) is 12.9. The van der Waals surface area contributed by atoms with E-state index in [-0.39, 0.29) is 29.1 Å². The van der Waals surface area contributed by atoms with Crippen molar-refractivity contribution in [3.8, 4) is 11.6 Å². The van der Waals surface area contributed by atoms with Crippen molar-refractivity contribution in [2.24, 2.45) is 5.73 Å². The van der Waals surface area contributed by atoms with Gasteiger partial charge in [-0.25, -0.2) is 9.50 Å². The van der Waals surface area contributed by atoms with Crippen LogP contribution >= 0.6 is 11.3 Å². The largest absolute Gasteiger partial charge is 0.488 e. The third-order valence-electron chi connectivity index (χ3n) is 7.17. The highest BCUT2D eigenvalue weighted by atomic mass is 32.1. The number of aliphatic hydroxyl groups is 1. The summed E-state index contributed by atoms with van der Waals surface area (Å²) in [4.78, 5) is 29.5. The van der Waals surface area contributed by atoms with E-state index in [1.807, 2.05) is 0 Å². The lowest BCUT2D eigenvalue weighted by Crippen LogP contribution is -2.60. The maximum Gasteiger partial charge on any atom is 0.429 e. The van der Waals surface area contributed by atoms with Crippen LogP contribution in [0.5, 0.6) is 11.6 Å². The molecule has 0 unspecified atom stereocenters. The quantitative estimate of drug-likeness (QED) is 0.305. The van der Waals surface area contributed by atoms with Crippen molar-refractivity contribution in [1.82, 2.24) is 19.9 Å². The van der Waals surface area contributed by atoms with Crippen molar-refractivity contribution in [3.63, 3.8) is 0 Å². The minimum absolute atomic E-state index is 0.128. The topological polar surface area (TPSA) is 141 Å². The van der Waals surface area contributed by atoms with E-state index in [9.17, 15) is 41.0 Å². The highest BCUT2D eigenvalue weighted by Crippen LogP contribution is 2.45. The fourth-order valence-electron chi connectivity index (χ4n) is 4.55. The van der Waals surface area contributed by atoms with Crippen LogP contribution in [-0.4, -0.2) is 68.2 Å². The molecule has 0 aromatic carbocycles. The SMILES string of the molecule is NC(=O)c1sc(C2CC2)nc1O[C@H]1CC[C@H](NC(=O)c2cnn3cc(OCC(O)(C(F)(F)F)C(F)(F)F)ccc23)CC1. The van der Waals surface area contributed by atoms with E-state index in [0.717, 1.165) is 34.6 Å². The number of carbonyl (C=O) groups excluding carboxylic acids is 2. The van der Waals surface area contributed by atoms with Gasteiger partial charge < -0.3 is 25.6 Å². The number of nitrogens with one attached hydrogen (secondary N) is 1. The van der Waals surface area contributed by atoms with Crippen molar-refractivity contribution in [3.05, 3.63) is 40.0 Å². The number of ether oxygens (including phenoxy) is 2. The number of nitrogens with zero attached hydrogens (tertiary/aromatic N) is 3. The number of thiazole rings is 1. The summed E-state index contributed by atoms with van der Waals surface area (Å²) in [6.45, 7) is -2.12. The molecule has 3 heterocycles. The molecule has 5 rings (SSSR count). The third-order valence-corrected chi connectivity index (χ3v) is 8.38. The Morgan fingerprint density at radius 2 is 1.74 bits per heavy atom. The van der Waals surface area contributed by atoms with Crippen LogP contribution in [0.4, 0.5) is 26.3 Å². The first kappa shape index (κ1) is 29.9. The number of aromatic nitrogens is 3. The smallest absolute Gasteiger partial charge is 0.429 e. The number of alkyl halides is 6. The molecule has 0 radical (unpaired) electrons. The maximum atomic E-state index is 12.9. The Kier molecular flexibility index (Phi) is 7.76. The zero-order valence-corrected chi connectivity index (χ0v) is 22.5. The molecule has 0 atom stereocenters. The lowest BCUT2D eigenvalue weighted by atomic mass is 9.92. The molecule has 228 valence electrons. The summed E-state index contributed by atoms with van der Waals surface area (Å²) in [6, 6.07) is 2.12. The Labute approximate surface area is 237 Å². The van der Waals surface area contributed by atoms with E-state index in [1.165, 1.54) is 23.6 Å². The van der Waals surface area contributed by atoms with Crippen LogP contribution in [-0.2, 0) is 0 Å². The fourth-order valence-corrected chi connectivity index (χ4v) is 5.57. The highest BCUT2D eigenvalue weighted by Gasteiger charge is 2.71. The van der Waals surface area contributed by atoms with E-state index < -0.39 is 42.1 Å². The number of rotatable bonds is 9. The standard InChI is InChI=1S/C25H25F6N5O5S/c26-24(27,28)23(39,25(29,30)31)11-40-15-7-8-17-16(9-33-36(17)10-15)20(38)34-13-3-5-14(6-4-13)41-21-18(19(32)37)42-22(35-21)12-1-2-12/h7-10,12-14,39H,1-6,11H2,(H2,32,37)(H,34,38)/t13-,14-. The molecule has 2 aliphatic carbocycles. The van der Waals surface area contributed by atoms with Crippen LogP contribution in [0.3, 0.4) is 0 Å². The number of halogens is 6. The number of primary amides is 1. The molecule has 10 nitrogen and oxygen atoms in total. The molecule has 2 saturated carbocycles. The minimum Gasteiger partial charge on any atom is -0.488 e. The summed E-state index contributed by atoms with van der Waals surface area (Å²) in [5.41, 5.74) is 0.772. The van der Waals surface area contributed by atoms with Gasteiger partial charge in [0.25, 0.3) is 17.4 Å². The van der Waals surface area contributed by atoms with Crippen molar-refractivity contribution in [2.75, 3.05) is 6.61 Å². The highest BCUT2D eigenvalue weighted by molar-refractivity contribution is 7.14. The molecule has 2 aliphatic rings. The normalized spacial score (nSPS) is 20.0. The van der Waals surface area contributed by atoms with Crippen molar-refractivity contribution >= 4 is 28.7 Å². The van der Waals surface area contributed by atoms with Gasteiger partial charge in [-0.2, -0.15) is 31.4 Å². The van der Waals surface area contributed by atoms with E-state index in [1.54, 1.807) is 0 Å². The van der Waals surface area contributed by atoms with Crippen LogP contribution in [0.15, 0.2) is 24.5 Å². The molecule has 17 heteroatoms. The van der Waals surface area contributed by atoms with E-state index >= 15 is 0 Å². The molecular weight excluding hydrogens is 596 g/mol. The Hall–Kier alpha value is -3.60. The fraction of sp³-hybridized carbons (Fsp3) is 0.520. The van der Waals surface area contributed by atoms with Gasteiger partial charge in [0.15, 0.2) is 4.88 Å². The average molecular weight is 622 g/mol. The third kappa shape index (κ3) is 5.97. The van der Waals surface area contributed by atoms with E-state index in [0.29, 0.717) is 36.5 Å². The molecule has 3 aromatic rings. The molecule has 0 bridgehead atoms. The van der Waals surface area contributed by atoms with Gasteiger partial charge in [-0.3, -0.25) is 9.59 Å². The number of hydrogen-bond donors (Lipinski definition) is 3.